The van der Waals surface area contributed by atoms with Gasteiger partial charge in [-0.1, -0.05) is 31.4 Å². The summed E-state index contributed by atoms with van der Waals surface area (Å²) in [4.78, 5) is 0. The van der Waals surface area contributed by atoms with Crippen molar-refractivity contribution in [3.8, 4) is 0 Å². The van der Waals surface area contributed by atoms with Crippen molar-refractivity contribution in [1.82, 2.24) is 4.72 Å². The van der Waals surface area contributed by atoms with E-state index >= 15 is 0 Å². The molecule has 1 aromatic carbocycles. The summed E-state index contributed by atoms with van der Waals surface area (Å²) >= 11 is 0. The minimum Gasteiger partial charge on any atom is -0.385 e. The van der Waals surface area contributed by atoms with Crippen LogP contribution in [0.4, 0.5) is 5.69 Å². The van der Waals surface area contributed by atoms with Gasteiger partial charge in [-0.05, 0) is 88.8 Å². The van der Waals surface area contributed by atoms with Crippen LogP contribution in [0.3, 0.4) is 0 Å². The summed E-state index contributed by atoms with van der Waals surface area (Å²) in [5, 5.41) is 3.59. The Morgan fingerprint density at radius 3 is 2.07 bits per heavy atom. The van der Waals surface area contributed by atoms with Crippen LogP contribution in [0.15, 0.2) is 24.3 Å². The molecule has 2 fully saturated rings. The van der Waals surface area contributed by atoms with E-state index in [2.05, 4.69) is 34.3 Å². The van der Waals surface area contributed by atoms with Gasteiger partial charge in [-0.2, -0.15) is 0 Å². The van der Waals surface area contributed by atoms with E-state index in [-0.39, 0.29) is 6.04 Å². The molecule has 0 amide bonds. The molecule has 3 rings (SSSR count). The first kappa shape index (κ1) is 21.6. The first-order valence-electron chi connectivity index (χ1n) is 11.1. The van der Waals surface area contributed by atoms with Crippen molar-refractivity contribution in [3.05, 3.63) is 29.8 Å². The molecule has 0 atom stereocenters. The van der Waals surface area contributed by atoms with Gasteiger partial charge in [0.1, 0.15) is 0 Å². The van der Waals surface area contributed by atoms with Crippen molar-refractivity contribution >= 4 is 15.7 Å². The van der Waals surface area contributed by atoms with Crippen molar-refractivity contribution in [2.45, 2.75) is 95.3 Å². The van der Waals surface area contributed by atoms with Gasteiger partial charge < -0.3 is 5.32 Å². The van der Waals surface area contributed by atoms with Crippen molar-refractivity contribution in [3.63, 3.8) is 0 Å². The second-order valence-electron chi connectivity index (χ2n) is 9.79. The summed E-state index contributed by atoms with van der Waals surface area (Å²) in [6, 6.07) is 9.16. The molecule has 0 bridgehead atoms. The zero-order chi connectivity index (χ0) is 20.2. The molecule has 0 unspecified atom stereocenters. The van der Waals surface area contributed by atoms with Gasteiger partial charge in [0, 0.05) is 18.3 Å². The Hall–Kier alpha value is -1.07. The van der Waals surface area contributed by atoms with Crippen LogP contribution in [0.1, 0.15) is 90.0 Å². The van der Waals surface area contributed by atoms with E-state index in [0.29, 0.717) is 5.92 Å². The van der Waals surface area contributed by atoms with E-state index in [9.17, 15) is 8.42 Å². The lowest BCUT2D eigenvalue weighted by Crippen LogP contribution is -2.46. The number of anilines is 1. The quantitative estimate of drug-likeness (QED) is 0.663. The minimum atomic E-state index is -3.25. The fraction of sp³-hybridized carbons (Fsp3) is 0.739. The van der Waals surface area contributed by atoms with Crippen LogP contribution in [-0.2, 0) is 10.0 Å². The lowest BCUT2D eigenvalue weighted by atomic mass is 9.84. The Morgan fingerprint density at radius 1 is 0.893 bits per heavy atom. The van der Waals surface area contributed by atoms with Gasteiger partial charge >= 0.3 is 0 Å². The summed E-state index contributed by atoms with van der Waals surface area (Å²) in [6.07, 6.45) is 10.8. The standard InChI is InChI=1S/C23H38N2O2S/c1-23(2,3)28(26,27)25-22-13-9-18(10-14-22)17-24-21-15-11-20(12-16-21)19-7-5-4-6-8-19/h11-12,15-16,18-19,22,24-25H,4-10,13-14,17H2,1-3H3. The van der Waals surface area contributed by atoms with Crippen LogP contribution in [0.5, 0.6) is 0 Å². The average Bonchev–Trinajstić information content (AvgIpc) is 2.67. The lowest BCUT2D eigenvalue weighted by molar-refractivity contribution is 0.322. The maximum absolute atomic E-state index is 12.3. The van der Waals surface area contributed by atoms with Crippen molar-refractivity contribution < 1.29 is 8.42 Å². The third kappa shape index (κ3) is 5.73. The molecule has 0 radical (unpaired) electrons. The molecule has 2 aliphatic carbocycles. The Balaban J connectivity index is 1.42. The van der Waals surface area contributed by atoms with E-state index in [1.807, 2.05) is 0 Å². The summed E-state index contributed by atoms with van der Waals surface area (Å²) in [7, 11) is -3.25. The Labute approximate surface area is 171 Å². The van der Waals surface area contributed by atoms with Gasteiger partial charge in [0.15, 0.2) is 0 Å². The van der Waals surface area contributed by atoms with Crippen molar-refractivity contribution in [2.75, 3.05) is 11.9 Å². The number of hydrogen-bond donors (Lipinski definition) is 2. The number of sulfonamides is 1. The number of benzene rings is 1. The normalized spacial score (nSPS) is 24.8. The van der Waals surface area contributed by atoms with E-state index in [4.69, 9.17) is 0 Å². The molecule has 0 saturated heterocycles. The molecule has 2 aliphatic rings. The van der Waals surface area contributed by atoms with Gasteiger partial charge in [0.25, 0.3) is 0 Å². The molecule has 0 heterocycles. The molecular formula is C23H38N2O2S. The summed E-state index contributed by atoms with van der Waals surface area (Å²) in [6.45, 7) is 6.24. The highest BCUT2D eigenvalue weighted by Crippen LogP contribution is 2.33. The summed E-state index contributed by atoms with van der Waals surface area (Å²) < 4.78 is 26.8. The molecule has 2 saturated carbocycles. The van der Waals surface area contributed by atoms with Gasteiger partial charge in [-0.3, -0.25) is 0 Å². The molecular weight excluding hydrogens is 368 g/mol. The Morgan fingerprint density at radius 2 is 1.50 bits per heavy atom. The van der Waals surface area contributed by atoms with Crippen LogP contribution < -0.4 is 10.0 Å². The minimum absolute atomic E-state index is 0.0928. The molecule has 0 aliphatic heterocycles. The SMILES string of the molecule is CC(C)(C)S(=O)(=O)NC1CCC(CNc2ccc(C3CCCCC3)cc2)CC1. The molecule has 5 heteroatoms. The smallest absolute Gasteiger partial charge is 0.216 e. The second kappa shape index (κ2) is 9.17. The van der Waals surface area contributed by atoms with Gasteiger partial charge in [-0.25, -0.2) is 13.1 Å². The van der Waals surface area contributed by atoms with E-state index < -0.39 is 14.8 Å². The van der Waals surface area contributed by atoms with Crippen LogP contribution in [0.25, 0.3) is 0 Å². The van der Waals surface area contributed by atoms with E-state index in [0.717, 1.165) is 38.1 Å². The zero-order valence-electron chi connectivity index (χ0n) is 17.8. The van der Waals surface area contributed by atoms with Crippen LogP contribution >= 0.6 is 0 Å². The molecule has 0 spiro atoms. The van der Waals surface area contributed by atoms with E-state index in [1.54, 1.807) is 20.8 Å². The largest absolute Gasteiger partial charge is 0.385 e. The van der Waals surface area contributed by atoms with Crippen LogP contribution in [-0.4, -0.2) is 25.8 Å². The first-order valence-corrected chi connectivity index (χ1v) is 12.6. The second-order valence-corrected chi connectivity index (χ2v) is 12.3. The number of rotatable bonds is 6. The van der Waals surface area contributed by atoms with E-state index in [1.165, 1.54) is 43.4 Å². The topological polar surface area (TPSA) is 58.2 Å². The molecule has 158 valence electrons. The summed E-state index contributed by atoms with van der Waals surface area (Å²) in [5.41, 5.74) is 2.70. The highest BCUT2D eigenvalue weighted by Gasteiger charge is 2.32. The van der Waals surface area contributed by atoms with Crippen LogP contribution in [0.2, 0.25) is 0 Å². The number of nitrogens with one attached hydrogen (secondary N) is 2. The maximum Gasteiger partial charge on any atom is 0.216 e. The fourth-order valence-electron chi connectivity index (χ4n) is 4.45. The van der Waals surface area contributed by atoms with Gasteiger partial charge in [0.05, 0.1) is 4.75 Å². The highest BCUT2D eigenvalue weighted by atomic mass is 32.2. The van der Waals surface area contributed by atoms with Crippen molar-refractivity contribution in [2.24, 2.45) is 5.92 Å². The molecule has 28 heavy (non-hydrogen) atoms. The predicted molar refractivity (Wildman–Crippen MR) is 118 cm³/mol. The van der Waals surface area contributed by atoms with Gasteiger partial charge in [-0.15, -0.1) is 0 Å². The predicted octanol–water partition coefficient (Wildman–Crippen LogP) is 5.42. The first-order chi connectivity index (χ1) is 13.2. The maximum atomic E-state index is 12.3. The average molecular weight is 407 g/mol. The molecule has 4 nitrogen and oxygen atoms in total. The monoisotopic (exact) mass is 406 g/mol. The number of hydrogen-bond acceptors (Lipinski definition) is 3. The highest BCUT2D eigenvalue weighted by molar-refractivity contribution is 7.90. The fourth-order valence-corrected chi connectivity index (χ4v) is 5.48. The summed E-state index contributed by atoms with van der Waals surface area (Å²) in [5.74, 6) is 1.38. The molecule has 0 aromatic heterocycles. The van der Waals surface area contributed by atoms with Crippen molar-refractivity contribution in [1.29, 1.82) is 0 Å². The Kier molecular flexibility index (Phi) is 7.08. The lowest BCUT2D eigenvalue weighted by Gasteiger charge is -2.31. The Bertz CT molecular complexity index is 708. The molecule has 1 aromatic rings. The zero-order valence-corrected chi connectivity index (χ0v) is 18.7. The third-order valence-electron chi connectivity index (χ3n) is 6.56. The van der Waals surface area contributed by atoms with Gasteiger partial charge in [0.2, 0.25) is 10.0 Å². The van der Waals surface area contributed by atoms with Crippen LogP contribution in [0, 0.1) is 5.92 Å². The molecule has 2 N–H and O–H groups in total. The third-order valence-corrected chi connectivity index (χ3v) is 8.81.